The molecule has 2 aromatic rings. The fourth-order valence-corrected chi connectivity index (χ4v) is 2.17. The van der Waals surface area contributed by atoms with Crippen LogP contribution in [0, 0.1) is 5.92 Å². The van der Waals surface area contributed by atoms with Crippen molar-refractivity contribution in [2.75, 3.05) is 6.54 Å². The standard InChI is InChI=1S/C17H21N3O/c1-13(16(18)15-5-3-2-4-6-15)17(21)20-12-9-14-7-10-19-11-8-14/h2-8,10-11,13,16H,9,12,18H2,1H3,(H,20,21). The highest BCUT2D eigenvalue weighted by Gasteiger charge is 2.21. The Morgan fingerprint density at radius 1 is 1.19 bits per heavy atom. The Morgan fingerprint density at radius 3 is 2.52 bits per heavy atom. The molecule has 2 rings (SSSR count). The van der Waals surface area contributed by atoms with E-state index in [4.69, 9.17) is 5.73 Å². The van der Waals surface area contributed by atoms with Gasteiger partial charge in [0.2, 0.25) is 5.91 Å². The van der Waals surface area contributed by atoms with Gasteiger partial charge >= 0.3 is 0 Å². The molecule has 1 heterocycles. The summed E-state index contributed by atoms with van der Waals surface area (Å²) >= 11 is 0. The summed E-state index contributed by atoms with van der Waals surface area (Å²) in [7, 11) is 0. The lowest BCUT2D eigenvalue weighted by Crippen LogP contribution is -2.36. The molecule has 0 saturated carbocycles. The largest absolute Gasteiger partial charge is 0.355 e. The molecular formula is C17H21N3O. The molecule has 2 atom stereocenters. The van der Waals surface area contributed by atoms with Crippen LogP contribution in [0.3, 0.4) is 0 Å². The minimum absolute atomic E-state index is 0.0135. The number of rotatable bonds is 6. The number of nitrogens with two attached hydrogens (primary N) is 1. The topological polar surface area (TPSA) is 68.0 Å². The number of benzene rings is 1. The zero-order valence-electron chi connectivity index (χ0n) is 12.2. The predicted molar refractivity (Wildman–Crippen MR) is 83.5 cm³/mol. The van der Waals surface area contributed by atoms with Crippen molar-refractivity contribution in [2.45, 2.75) is 19.4 Å². The molecule has 0 radical (unpaired) electrons. The number of hydrogen-bond acceptors (Lipinski definition) is 3. The summed E-state index contributed by atoms with van der Waals surface area (Å²) < 4.78 is 0. The van der Waals surface area contributed by atoms with Crippen LogP contribution in [-0.4, -0.2) is 17.4 Å². The fourth-order valence-electron chi connectivity index (χ4n) is 2.17. The van der Waals surface area contributed by atoms with E-state index in [1.54, 1.807) is 12.4 Å². The van der Waals surface area contributed by atoms with Gasteiger partial charge in [0, 0.05) is 25.0 Å². The van der Waals surface area contributed by atoms with Crippen molar-refractivity contribution in [3.63, 3.8) is 0 Å². The molecule has 3 N–H and O–H groups in total. The SMILES string of the molecule is CC(C(=O)NCCc1ccncc1)C(N)c1ccccc1. The Morgan fingerprint density at radius 2 is 1.86 bits per heavy atom. The molecular weight excluding hydrogens is 262 g/mol. The first-order valence-electron chi connectivity index (χ1n) is 7.15. The van der Waals surface area contributed by atoms with Gasteiger partial charge in [0.1, 0.15) is 0 Å². The van der Waals surface area contributed by atoms with Gasteiger partial charge in [-0.05, 0) is 29.7 Å². The van der Waals surface area contributed by atoms with Gasteiger partial charge in [-0.3, -0.25) is 9.78 Å². The molecule has 21 heavy (non-hydrogen) atoms. The van der Waals surface area contributed by atoms with E-state index in [1.165, 1.54) is 0 Å². The van der Waals surface area contributed by atoms with Crippen LogP contribution < -0.4 is 11.1 Å². The summed E-state index contributed by atoms with van der Waals surface area (Å²) in [6.45, 7) is 2.47. The van der Waals surface area contributed by atoms with Crippen LogP contribution in [0.4, 0.5) is 0 Å². The summed E-state index contributed by atoms with van der Waals surface area (Å²) in [5.41, 5.74) is 8.29. The Hall–Kier alpha value is -2.20. The van der Waals surface area contributed by atoms with Crippen LogP contribution in [0.5, 0.6) is 0 Å². The molecule has 4 heteroatoms. The number of aromatic nitrogens is 1. The molecule has 0 spiro atoms. The van der Waals surface area contributed by atoms with Gasteiger partial charge in [-0.15, -0.1) is 0 Å². The summed E-state index contributed by atoms with van der Waals surface area (Å²) in [4.78, 5) is 16.1. The van der Waals surface area contributed by atoms with Crippen molar-refractivity contribution >= 4 is 5.91 Å². The minimum Gasteiger partial charge on any atom is -0.355 e. The van der Waals surface area contributed by atoms with Crippen LogP contribution in [0.1, 0.15) is 24.1 Å². The van der Waals surface area contributed by atoms with Crippen molar-refractivity contribution in [3.05, 3.63) is 66.0 Å². The van der Waals surface area contributed by atoms with Crippen LogP contribution >= 0.6 is 0 Å². The zero-order chi connectivity index (χ0) is 15.1. The Bertz CT molecular complexity index is 557. The van der Waals surface area contributed by atoms with E-state index < -0.39 is 0 Å². The van der Waals surface area contributed by atoms with E-state index >= 15 is 0 Å². The van der Waals surface area contributed by atoms with Crippen molar-refractivity contribution in [3.8, 4) is 0 Å². The smallest absolute Gasteiger partial charge is 0.224 e. The fraction of sp³-hybridized carbons (Fsp3) is 0.294. The molecule has 0 aliphatic heterocycles. The van der Waals surface area contributed by atoms with Crippen LogP contribution in [0.2, 0.25) is 0 Å². The number of hydrogen-bond donors (Lipinski definition) is 2. The van der Waals surface area contributed by atoms with Gasteiger partial charge < -0.3 is 11.1 Å². The molecule has 4 nitrogen and oxygen atoms in total. The van der Waals surface area contributed by atoms with E-state index in [9.17, 15) is 4.79 Å². The summed E-state index contributed by atoms with van der Waals surface area (Å²) in [5.74, 6) is -0.273. The normalized spacial score (nSPS) is 13.4. The molecule has 0 saturated heterocycles. The highest BCUT2D eigenvalue weighted by molar-refractivity contribution is 5.79. The second-order valence-corrected chi connectivity index (χ2v) is 5.12. The average Bonchev–Trinajstić information content (AvgIpc) is 2.55. The highest BCUT2D eigenvalue weighted by atomic mass is 16.1. The van der Waals surface area contributed by atoms with Crippen LogP contribution in [0.25, 0.3) is 0 Å². The van der Waals surface area contributed by atoms with Crippen molar-refractivity contribution in [1.29, 1.82) is 0 Å². The second-order valence-electron chi connectivity index (χ2n) is 5.12. The zero-order valence-corrected chi connectivity index (χ0v) is 12.2. The van der Waals surface area contributed by atoms with Gasteiger partial charge in [-0.25, -0.2) is 0 Å². The first-order chi connectivity index (χ1) is 10.2. The molecule has 0 fully saturated rings. The van der Waals surface area contributed by atoms with E-state index in [2.05, 4.69) is 10.3 Å². The van der Waals surface area contributed by atoms with Gasteiger partial charge in [-0.2, -0.15) is 0 Å². The summed E-state index contributed by atoms with van der Waals surface area (Å²) in [5, 5.41) is 2.94. The third kappa shape index (κ3) is 4.39. The molecule has 1 amide bonds. The van der Waals surface area contributed by atoms with E-state index in [0.29, 0.717) is 6.54 Å². The number of carbonyl (C=O) groups excluding carboxylic acids is 1. The highest BCUT2D eigenvalue weighted by Crippen LogP contribution is 2.18. The Kier molecular flexibility index (Phi) is 5.46. The molecule has 1 aromatic heterocycles. The number of carbonyl (C=O) groups is 1. The number of nitrogens with zero attached hydrogens (tertiary/aromatic N) is 1. The quantitative estimate of drug-likeness (QED) is 0.853. The second kappa shape index (κ2) is 7.55. The molecule has 110 valence electrons. The maximum absolute atomic E-state index is 12.1. The third-order valence-electron chi connectivity index (χ3n) is 3.60. The maximum Gasteiger partial charge on any atom is 0.224 e. The van der Waals surface area contributed by atoms with Gasteiger partial charge in [0.25, 0.3) is 0 Å². The van der Waals surface area contributed by atoms with Crippen molar-refractivity contribution in [2.24, 2.45) is 11.7 Å². The van der Waals surface area contributed by atoms with E-state index in [0.717, 1.165) is 17.5 Å². The van der Waals surface area contributed by atoms with Gasteiger partial charge in [-0.1, -0.05) is 37.3 Å². The Balaban J connectivity index is 1.82. The summed E-state index contributed by atoms with van der Waals surface area (Å²) in [6, 6.07) is 13.3. The third-order valence-corrected chi connectivity index (χ3v) is 3.60. The molecule has 2 unspecified atom stereocenters. The lowest BCUT2D eigenvalue weighted by molar-refractivity contribution is -0.125. The molecule has 1 aromatic carbocycles. The molecule has 0 bridgehead atoms. The van der Waals surface area contributed by atoms with Crippen molar-refractivity contribution in [1.82, 2.24) is 10.3 Å². The predicted octanol–water partition coefficient (Wildman–Crippen LogP) is 2.08. The van der Waals surface area contributed by atoms with Crippen molar-refractivity contribution < 1.29 is 4.79 Å². The maximum atomic E-state index is 12.1. The lowest BCUT2D eigenvalue weighted by atomic mass is 9.94. The van der Waals surface area contributed by atoms with Crippen LogP contribution in [0.15, 0.2) is 54.9 Å². The Labute approximate surface area is 125 Å². The van der Waals surface area contributed by atoms with Gasteiger partial charge in [0.05, 0.1) is 5.92 Å². The van der Waals surface area contributed by atoms with E-state index in [-0.39, 0.29) is 17.9 Å². The number of amides is 1. The number of pyridine rings is 1. The summed E-state index contributed by atoms with van der Waals surface area (Å²) in [6.07, 6.45) is 4.30. The van der Waals surface area contributed by atoms with Gasteiger partial charge in [0.15, 0.2) is 0 Å². The van der Waals surface area contributed by atoms with Crippen LogP contribution in [-0.2, 0) is 11.2 Å². The average molecular weight is 283 g/mol. The number of nitrogens with one attached hydrogen (secondary N) is 1. The lowest BCUT2D eigenvalue weighted by Gasteiger charge is -2.19. The first kappa shape index (κ1) is 15.2. The monoisotopic (exact) mass is 283 g/mol. The molecule has 0 aliphatic carbocycles. The van der Waals surface area contributed by atoms with E-state index in [1.807, 2.05) is 49.4 Å². The minimum atomic E-state index is -0.285. The first-order valence-corrected chi connectivity index (χ1v) is 7.15. The molecule has 0 aliphatic rings.